The molecule has 1 unspecified atom stereocenters. The summed E-state index contributed by atoms with van der Waals surface area (Å²) in [5, 5.41) is 3.26. The smallest absolute Gasteiger partial charge is 0.319 e. The molecule has 5 nitrogen and oxygen atoms in total. The summed E-state index contributed by atoms with van der Waals surface area (Å²) in [7, 11) is 0. The van der Waals surface area contributed by atoms with Gasteiger partial charge in [-0.15, -0.1) is 0 Å². The summed E-state index contributed by atoms with van der Waals surface area (Å²) in [4.78, 5) is 38.3. The fourth-order valence-corrected chi connectivity index (χ4v) is 3.00. The van der Waals surface area contributed by atoms with Crippen LogP contribution >= 0.6 is 23.2 Å². The van der Waals surface area contributed by atoms with Gasteiger partial charge in [-0.05, 0) is 24.6 Å². The molecule has 1 fully saturated rings. The van der Waals surface area contributed by atoms with Gasteiger partial charge in [0.1, 0.15) is 5.54 Å². The molecule has 0 radical (unpaired) electrons. The van der Waals surface area contributed by atoms with Crippen molar-refractivity contribution in [2.45, 2.75) is 12.5 Å². The molecule has 25 heavy (non-hydrogen) atoms. The van der Waals surface area contributed by atoms with E-state index in [1.54, 1.807) is 49.4 Å². The minimum absolute atomic E-state index is 0.279. The Morgan fingerprint density at radius 3 is 2.40 bits per heavy atom. The first-order chi connectivity index (χ1) is 11.8. The van der Waals surface area contributed by atoms with Crippen molar-refractivity contribution in [1.29, 1.82) is 0 Å². The van der Waals surface area contributed by atoms with Crippen LogP contribution in [0, 0.1) is 0 Å². The molecule has 1 saturated heterocycles. The van der Waals surface area contributed by atoms with Crippen LogP contribution in [0.2, 0.25) is 10.0 Å². The van der Waals surface area contributed by atoms with Crippen LogP contribution < -0.4 is 5.32 Å². The second-order valence-corrected chi connectivity index (χ2v) is 6.68. The van der Waals surface area contributed by atoms with E-state index in [-0.39, 0.29) is 17.4 Å². The van der Waals surface area contributed by atoms with Crippen LogP contribution in [0.5, 0.6) is 0 Å². The molecule has 0 bridgehead atoms. The zero-order chi connectivity index (χ0) is 18.2. The Kier molecular flexibility index (Phi) is 4.54. The van der Waals surface area contributed by atoms with E-state index in [2.05, 4.69) is 5.32 Å². The van der Waals surface area contributed by atoms with Crippen LogP contribution in [0.4, 0.5) is 4.79 Å². The highest BCUT2D eigenvalue weighted by molar-refractivity contribution is 6.42. The Labute approximate surface area is 154 Å². The average molecular weight is 377 g/mol. The highest BCUT2D eigenvalue weighted by Gasteiger charge is 2.49. The minimum Gasteiger partial charge on any atom is -0.319 e. The lowest BCUT2D eigenvalue weighted by Crippen LogP contribution is -2.41. The number of nitrogens with zero attached hydrogens (tertiary/aromatic N) is 1. The molecule has 2 aromatic rings. The van der Waals surface area contributed by atoms with E-state index in [0.717, 1.165) is 4.90 Å². The monoisotopic (exact) mass is 376 g/mol. The molecule has 0 spiro atoms. The number of halogens is 2. The average Bonchev–Trinajstić information content (AvgIpc) is 2.82. The number of imide groups is 1. The van der Waals surface area contributed by atoms with Crippen LogP contribution in [-0.4, -0.2) is 29.2 Å². The number of amides is 3. The molecule has 3 amide bonds. The summed E-state index contributed by atoms with van der Waals surface area (Å²) in [6.45, 7) is 1.24. The van der Waals surface area contributed by atoms with E-state index in [9.17, 15) is 14.4 Å². The van der Waals surface area contributed by atoms with Crippen molar-refractivity contribution in [3.63, 3.8) is 0 Å². The largest absolute Gasteiger partial charge is 0.325 e. The maximum Gasteiger partial charge on any atom is 0.325 e. The first-order valence-electron chi connectivity index (χ1n) is 7.51. The summed E-state index contributed by atoms with van der Waals surface area (Å²) in [6.07, 6.45) is 0. The molecule has 0 aliphatic carbocycles. The standard InChI is InChI=1S/C18H14Cl2N2O3/c1-18(12-7-8-13(19)14(20)9-12)16(24)22(17(25)21-18)10-15(23)11-5-3-2-4-6-11/h2-9H,10H2,1H3,(H,21,25). The fraction of sp³-hybridized carbons (Fsp3) is 0.167. The van der Waals surface area contributed by atoms with Crippen LogP contribution in [0.25, 0.3) is 0 Å². The summed E-state index contributed by atoms with van der Waals surface area (Å²) in [6, 6.07) is 12.6. The van der Waals surface area contributed by atoms with Gasteiger partial charge < -0.3 is 5.32 Å². The van der Waals surface area contributed by atoms with Gasteiger partial charge in [0.2, 0.25) is 0 Å². The molecular weight excluding hydrogens is 363 g/mol. The highest BCUT2D eigenvalue weighted by atomic mass is 35.5. The molecule has 128 valence electrons. The highest BCUT2D eigenvalue weighted by Crippen LogP contribution is 2.33. The third-order valence-electron chi connectivity index (χ3n) is 4.17. The van der Waals surface area contributed by atoms with E-state index < -0.39 is 17.5 Å². The number of nitrogens with one attached hydrogen (secondary N) is 1. The Morgan fingerprint density at radius 2 is 1.76 bits per heavy atom. The summed E-state index contributed by atoms with van der Waals surface area (Å²) < 4.78 is 0. The molecule has 1 aliphatic heterocycles. The van der Waals surface area contributed by atoms with E-state index in [1.807, 2.05) is 0 Å². The molecule has 0 aromatic heterocycles. The molecule has 1 aliphatic rings. The normalized spacial score (nSPS) is 19.9. The lowest BCUT2D eigenvalue weighted by molar-refractivity contribution is -0.130. The van der Waals surface area contributed by atoms with Gasteiger partial charge in [-0.1, -0.05) is 59.6 Å². The lowest BCUT2D eigenvalue weighted by Gasteiger charge is -2.22. The number of hydrogen-bond donors (Lipinski definition) is 1. The third kappa shape index (κ3) is 3.13. The number of rotatable bonds is 4. The van der Waals surface area contributed by atoms with Crippen LogP contribution in [0.15, 0.2) is 48.5 Å². The number of benzene rings is 2. The first kappa shape index (κ1) is 17.5. The lowest BCUT2D eigenvalue weighted by atomic mass is 9.92. The molecule has 1 N–H and O–H groups in total. The number of Topliss-reactive ketones (excluding diaryl/α,β-unsaturated/α-hetero) is 1. The van der Waals surface area contributed by atoms with Crippen LogP contribution in [0.3, 0.4) is 0 Å². The molecule has 2 aromatic carbocycles. The fourth-order valence-electron chi connectivity index (χ4n) is 2.70. The predicted molar refractivity (Wildman–Crippen MR) is 94.8 cm³/mol. The van der Waals surface area contributed by atoms with Crippen LogP contribution in [-0.2, 0) is 10.3 Å². The van der Waals surface area contributed by atoms with Crippen molar-refractivity contribution >= 4 is 40.9 Å². The number of carbonyl (C=O) groups is 3. The molecule has 7 heteroatoms. The topological polar surface area (TPSA) is 66.5 Å². The van der Waals surface area contributed by atoms with Gasteiger partial charge in [-0.25, -0.2) is 4.79 Å². The predicted octanol–water partition coefficient (Wildman–Crippen LogP) is 3.64. The Hall–Kier alpha value is -2.37. The minimum atomic E-state index is -1.30. The van der Waals surface area contributed by atoms with Gasteiger partial charge in [-0.2, -0.15) is 0 Å². The molecule has 3 rings (SSSR count). The zero-order valence-electron chi connectivity index (χ0n) is 13.3. The van der Waals surface area contributed by atoms with E-state index >= 15 is 0 Å². The number of ketones is 1. The Balaban J connectivity index is 1.87. The molecule has 1 atom stereocenters. The van der Waals surface area contributed by atoms with Gasteiger partial charge in [0, 0.05) is 5.56 Å². The van der Waals surface area contributed by atoms with Gasteiger partial charge in [0.25, 0.3) is 5.91 Å². The molecule has 0 saturated carbocycles. The van der Waals surface area contributed by atoms with E-state index in [1.165, 1.54) is 6.07 Å². The summed E-state index contributed by atoms with van der Waals surface area (Å²) >= 11 is 11.9. The molecule has 1 heterocycles. The second-order valence-electron chi connectivity index (χ2n) is 5.86. The van der Waals surface area contributed by atoms with Crippen molar-refractivity contribution in [2.24, 2.45) is 0 Å². The van der Waals surface area contributed by atoms with Crippen molar-refractivity contribution in [3.05, 3.63) is 69.7 Å². The second kappa shape index (κ2) is 6.50. The quantitative estimate of drug-likeness (QED) is 0.654. The van der Waals surface area contributed by atoms with Crippen LogP contribution in [0.1, 0.15) is 22.8 Å². The number of carbonyl (C=O) groups excluding carboxylic acids is 3. The van der Waals surface area contributed by atoms with Gasteiger partial charge in [0.05, 0.1) is 16.6 Å². The van der Waals surface area contributed by atoms with Crippen molar-refractivity contribution < 1.29 is 14.4 Å². The van der Waals surface area contributed by atoms with Crippen molar-refractivity contribution in [2.75, 3.05) is 6.54 Å². The van der Waals surface area contributed by atoms with Crippen molar-refractivity contribution in [1.82, 2.24) is 10.2 Å². The SMILES string of the molecule is CC1(c2ccc(Cl)c(Cl)c2)NC(=O)N(CC(=O)c2ccccc2)C1=O. The van der Waals surface area contributed by atoms with Gasteiger partial charge in [-0.3, -0.25) is 14.5 Å². The Morgan fingerprint density at radius 1 is 1.08 bits per heavy atom. The van der Waals surface area contributed by atoms with Gasteiger partial charge in [0.15, 0.2) is 5.78 Å². The Bertz CT molecular complexity index is 870. The first-order valence-corrected chi connectivity index (χ1v) is 8.26. The maximum atomic E-state index is 12.8. The number of urea groups is 1. The summed E-state index contributed by atoms with van der Waals surface area (Å²) in [5.74, 6) is -0.831. The number of hydrogen-bond acceptors (Lipinski definition) is 3. The van der Waals surface area contributed by atoms with Gasteiger partial charge >= 0.3 is 6.03 Å². The zero-order valence-corrected chi connectivity index (χ0v) is 14.8. The third-order valence-corrected chi connectivity index (χ3v) is 4.91. The molecular formula is C18H14Cl2N2O3. The summed E-state index contributed by atoms with van der Waals surface area (Å²) in [5.41, 5.74) is -0.372. The van der Waals surface area contributed by atoms with Crippen molar-refractivity contribution in [3.8, 4) is 0 Å². The van der Waals surface area contributed by atoms with E-state index in [4.69, 9.17) is 23.2 Å². The van der Waals surface area contributed by atoms with E-state index in [0.29, 0.717) is 16.1 Å². The maximum absolute atomic E-state index is 12.8.